The highest BCUT2D eigenvalue weighted by molar-refractivity contribution is 5.78. The van der Waals surface area contributed by atoms with Crippen LogP contribution in [0.1, 0.15) is 39.5 Å². The monoisotopic (exact) mass is 266 g/mol. The van der Waals surface area contributed by atoms with Crippen molar-refractivity contribution >= 4 is 5.91 Å². The zero-order valence-electron chi connectivity index (χ0n) is 12.1. The number of carbonyl (C=O) groups is 1. The maximum Gasteiger partial charge on any atom is 0.234 e. The van der Waals surface area contributed by atoms with Crippen LogP contribution in [0.15, 0.2) is 18.7 Å². The third-order valence-corrected chi connectivity index (χ3v) is 2.99. The van der Waals surface area contributed by atoms with Gasteiger partial charge in [-0.05, 0) is 32.7 Å². The number of carbonyl (C=O) groups excluding carboxylic acids is 1. The van der Waals surface area contributed by atoms with Gasteiger partial charge >= 0.3 is 0 Å². The largest absolute Gasteiger partial charge is 0.353 e. The highest BCUT2D eigenvalue weighted by atomic mass is 16.1. The van der Waals surface area contributed by atoms with Gasteiger partial charge in [0.15, 0.2) is 0 Å². The molecule has 0 aliphatic carbocycles. The van der Waals surface area contributed by atoms with E-state index in [2.05, 4.69) is 27.1 Å². The first-order chi connectivity index (χ1) is 9.22. The lowest BCUT2D eigenvalue weighted by Crippen LogP contribution is -2.39. The maximum absolute atomic E-state index is 11.6. The Hall–Kier alpha value is -1.36. The van der Waals surface area contributed by atoms with Gasteiger partial charge in [0.2, 0.25) is 5.91 Å². The summed E-state index contributed by atoms with van der Waals surface area (Å²) in [6.45, 7) is 6.46. The molecule has 1 aromatic rings. The van der Waals surface area contributed by atoms with Crippen LogP contribution in [0.2, 0.25) is 0 Å². The van der Waals surface area contributed by atoms with Crippen molar-refractivity contribution in [3.8, 4) is 0 Å². The second kappa shape index (κ2) is 9.55. The second-order valence-electron chi connectivity index (χ2n) is 4.94. The van der Waals surface area contributed by atoms with Gasteiger partial charge < -0.3 is 15.2 Å². The van der Waals surface area contributed by atoms with Crippen LogP contribution in [0.4, 0.5) is 0 Å². The Morgan fingerprint density at radius 1 is 1.42 bits per heavy atom. The van der Waals surface area contributed by atoms with Crippen molar-refractivity contribution in [1.82, 2.24) is 20.2 Å². The Labute approximate surface area is 115 Å². The number of nitrogens with one attached hydrogen (secondary N) is 2. The fourth-order valence-corrected chi connectivity index (χ4v) is 2.00. The summed E-state index contributed by atoms with van der Waals surface area (Å²) in [6.07, 6.45) is 9.89. The normalized spacial score (nSPS) is 12.3. The van der Waals surface area contributed by atoms with Crippen molar-refractivity contribution in [3.05, 3.63) is 18.7 Å². The summed E-state index contributed by atoms with van der Waals surface area (Å²) in [7, 11) is 0. The quantitative estimate of drug-likeness (QED) is 0.632. The van der Waals surface area contributed by atoms with Crippen molar-refractivity contribution < 1.29 is 4.79 Å². The third kappa shape index (κ3) is 7.62. The molecule has 0 spiro atoms. The molecular formula is C14H26N4O. The van der Waals surface area contributed by atoms with Crippen molar-refractivity contribution in [2.75, 3.05) is 13.1 Å². The van der Waals surface area contributed by atoms with Crippen molar-refractivity contribution in [2.24, 2.45) is 0 Å². The number of rotatable bonds is 10. The van der Waals surface area contributed by atoms with Gasteiger partial charge in [-0.3, -0.25) is 4.79 Å². The molecule has 0 bridgehead atoms. The fourth-order valence-electron chi connectivity index (χ4n) is 2.00. The standard InChI is InChI=1S/C14H26N4O/c1-3-6-13(2)17-14(19)11-15-7-4-5-9-18-10-8-16-12-18/h8,10,12-13,15H,3-7,9,11H2,1-2H3,(H,17,19). The van der Waals surface area contributed by atoms with Gasteiger partial charge in [-0.15, -0.1) is 0 Å². The molecule has 0 aliphatic rings. The first kappa shape index (κ1) is 15.7. The second-order valence-corrected chi connectivity index (χ2v) is 4.94. The van der Waals surface area contributed by atoms with Gasteiger partial charge in [-0.2, -0.15) is 0 Å². The summed E-state index contributed by atoms with van der Waals surface area (Å²) in [4.78, 5) is 15.6. The average Bonchev–Trinajstić information content (AvgIpc) is 2.86. The minimum absolute atomic E-state index is 0.0931. The number of hydrogen-bond acceptors (Lipinski definition) is 3. The molecule has 1 atom stereocenters. The van der Waals surface area contributed by atoms with Crippen molar-refractivity contribution in [1.29, 1.82) is 0 Å². The van der Waals surface area contributed by atoms with Crippen LogP contribution in [-0.2, 0) is 11.3 Å². The van der Waals surface area contributed by atoms with Crippen LogP contribution in [0, 0.1) is 0 Å². The lowest BCUT2D eigenvalue weighted by Gasteiger charge is -2.13. The molecule has 108 valence electrons. The predicted molar refractivity (Wildman–Crippen MR) is 76.8 cm³/mol. The lowest BCUT2D eigenvalue weighted by atomic mass is 10.2. The molecule has 0 saturated heterocycles. The molecule has 1 amide bonds. The average molecular weight is 266 g/mol. The minimum atomic E-state index is 0.0931. The van der Waals surface area contributed by atoms with Crippen molar-refractivity contribution in [2.45, 2.75) is 52.1 Å². The van der Waals surface area contributed by atoms with Gasteiger partial charge in [0.05, 0.1) is 12.9 Å². The van der Waals surface area contributed by atoms with E-state index >= 15 is 0 Å². The number of aromatic nitrogens is 2. The lowest BCUT2D eigenvalue weighted by molar-refractivity contribution is -0.120. The fraction of sp³-hybridized carbons (Fsp3) is 0.714. The van der Waals surface area contributed by atoms with Crippen LogP contribution < -0.4 is 10.6 Å². The number of aryl methyl sites for hydroxylation is 1. The van der Waals surface area contributed by atoms with Gasteiger partial charge in [-0.25, -0.2) is 4.98 Å². The molecule has 5 nitrogen and oxygen atoms in total. The summed E-state index contributed by atoms with van der Waals surface area (Å²) < 4.78 is 2.07. The minimum Gasteiger partial charge on any atom is -0.353 e. The molecule has 0 saturated carbocycles. The molecule has 1 aromatic heterocycles. The Morgan fingerprint density at radius 2 is 2.26 bits per heavy atom. The highest BCUT2D eigenvalue weighted by Gasteiger charge is 2.05. The van der Waals surface area contributed by atoms with Crippen LogP contribution in [-0.4, -0.2) is 34.6 Å². The summed E-state index contributed by atoms with van der Waals surface area (Å²) in [5.41, 5.74) is 0. The third-order valence-electron chi connectivity index (χ3n) is 2.99. The van der Waals surface area contributed by atoms with E-state index < -0.39 is 0 Å². The van der Waals surface area contributed by atoms with Gasteiger partial charge in [0.1, 0.15) is 0 Å². The SMILES string of the molecule is CCCC(C)NC(=O)CNCCCCn1ccnc1. The number of imidazole rings is 1. The Balaban J connectivity index is 1.94. The van der Waals surface area contributed by atoms with Crippen LogP contribution in [0.25, 0.3) is 0 Å². The predicted octanol–water partition coefficient (Wildman–Crippen LogP) is 1.56. The highest BCUT2D eigenvalue weighted by Crippen LogP contribution is 1.95. The maximum atomic E-state index is 11.6. The molecule has 0 radical (unpaired) electrons. The molecule has 1 rings (SSSR count). The van der Waals surface area contributed by atoms with E-state index in [1.165, 1.54) is 0 Å². The molecular weight excluding hydrogens is 240 g/mol. The van der Waals surface area contributed by atoms with E-state index in [-0.39, 0.29) is 11.9 Å². The molecule has 5 heteroatoms. The molecule has 0 aliphatic heterocycles. The Morgan fingerprint density at radius 3 is 2.95 bits per heavy atom. The van der Waals surface area contributed by atoms with Gasteiger partial charge in [0.25, 0.3) is 0 Å². The molecule has 2 N–H and O–H groups in total. The Bertz CT molecular complexity index is 337. The van der Waals surface area contributed by atoms with E-state index in [0.717, 1.165) is 38.8 Å². The van der Waals surface area contributed by atoms with Crippen molar-refractivity contribution in [3.63, 3.8) is 0 Å². The van der Waals surface area contributed by atoms with Crippen LogP contribution >= 0.6 is 0 Å². The number of nitrogens with zero attached hydrogens (tertiary/aromatic N) is 2. The van der Waals surface area contributed by atoms with Gasteiger partial charge in [-0.1, -0.05) is 13.3 Å². The summed E-state index contributed by atoms with van der Waals surface area (Å²) in [5.74, 6) is 0.0931. The zero-order valence-corrected chi connectivity index (χ0v) is 12.1. The molecule has 1 unspecified atom stereocenters. The summed E-state index contributed by atoms with van der Waals surface area (Å²) in [6, 6.07) is 0.278. The molecule has 1 heterocycles. The molecule has 0 fully saturated rings. The first-order valence-corrected chi connectivity index (χ1v) is 7.18. The number of amides is 1. The topological polar surface area (TPSA) is 59.0 Å². The molecule has 0 aromatic carbocycles. The van der Waals surface area contributed by atoms with E-state index in [1.54, 1.807) is 6.20 Å². The van der Waals surface area contributed by atoms with E-state index in [0.29, 0.717) is 6.54 Å². The zero-order chi connectivity index (χ0) is 13.9. The Kier molecular flexibility index (Phi) is 7.89. The number of hydrogen-bond donors (Lipinski definition) is 2. The first-order valence-electron chi connectivity index (χ1n) is 7.18. The van der Waals surface area contributed by atoms with Crippen LogP contribution in [0.3, 0.4) is 0 Å². The summed E-state index contributed by atoms with van der Waals surface area (Å²) >= 11 is 0. The van der Waals surface area contributed by atoms with Gasteiger partial charge in [0, 0.05) is 25.0 Å². The smallest absolute Gasteiger partial charge is 0.234 e. The molecule has 19 heavy (non-hydrogen) atoms. The number of unbranched alkanes of at least 4 members (excludes halogenated alkanes) is 1. The van der Waals surface area contributed by atoms with E-state index in [4.69, 9.17) is 0 Å². The van der Waals surface area contributed by atoms with E-state index in [9.17, 15) is 4.79 Å². The van der Waals surface area contributed by atoms with Crippen LogP contribution in [0.5, 0.6) is 0 Å². The summed E-state index contributed by atoms with van der Waals surface area (Å²) in [5, 5.41) is 6.16. The van der Waals surface area contributed by atoms with E-state index in [1.807, 2.05) is 19.4 Å².